The molecule has 1 aromatic heterocycles. The monoisotopic (exact) mass is 310 g/mol. The first kappa shape index (κ1) is 12.0. The molecule has 1 aliphatic rings. The normalized spacial score (nSPS) is 18.9. The maximum absolute atomic E-state index is 12.2. The molecule has 0 amide bonds. The molecule has 2 heterocycles. The largest absolute Gasteiger partial charge is 0.284 e. The molecule has 0 N–H and O–H groups in total. The van der Waals surface area contributed by atoms with Gasteiger partial charge in [-0.1, -0.05) is 9.68 Å². The SMILES string of the molecule is Cn1nnc(Br)c1S(=O)(=O)N1CCCCO1. The van der Waals surface area contributed by atoms with E-state index in [0.29, 0.717) is 13.2 Å². The highest BCUT2D eigenvalue weighted by Gasteiger charge is 2.33. The Balaban J connectivity index is 2.38. The lowest BCUT2D eigenvalue weighted by atomic mass is 10.3. The number of aromatic nitrogens is 3. The number of nitrogens with zero attached hydrogens (tertiary/aromatic N) is 4. The van der Waals surface area contributed by atoms with Gasteiger partial charge in [0.25, 0.3) is 10.0 Å². The summed E-state index contributed by atoms with van der Waals surface area (Å²) in [7, 11) is -2.16. The summed E-state index contributed by atoms with van der Waals surface area (Å²) in [6, 6.07) is 0. The van der Waals surface area contributed by atoms with Crippen LogP contribution in [0.5, 0.6) is 0 Å². The molecule has 16 heavy (non-hydrogen) atoms. The van der Waals surface area contributed by atoms with Crippen LogP contribution in [0.25, 0.3) is 0 Å². The van der Waals surface area contributed by atoms with Gasteiger partial charge in [0, 0.05) is 13.6 Å². The number of halogens is 1. The number of rotatable bonds is 2. The summed E-state index contributed by atoms with van der Waals surface area (Å²) in [6.45, 7) is 0.780. The minimum atomic E-state index is -3.68. The van der Waals surface area contributed by atoms with E-state index in [1.54, 1.807) is 0 Å². The molecule has 1 aliphatic heterocycles. The molecular weight excluding hydrogens is 300 g/mol. The third-order valence-electron chi connectivity index (χ3n) is 2.22. The first-order chi connectivity index (χ1) is 7.53. The number of sulfonamides is 1. The molecule has 0 aromatic carbocycles. The lowest BCUT2D eigenvalue weighted by Gasteiger charge is -2.24. The summed E-state index contributed by atoms with van der Waals surface area (Å²) in [5.41, 5.74) is 0. The van der Waals surface area contributed by atoms with Crippen molar-refractivity contribution in [3.63, 3.8) is 0 Å². The zero-order valence-electron chi connectivity index (χ0n) is 8.63. The van der Waals surface area contributed by atoms with E-state index < -0.39 is 10.0 Å². The van der Waals surface area contributed by atoms with Crippen LogP contribution in [0.2, 0.25) is 0 Å². The summed E-state index contributed by atoms with van der Waals surface area (Å²) in [5, 5.41) is 7.29. The first-order valence-corrected chi connectivity index (χ1v) is 6.97. The van der Waals surface area contributed by atoms with E-state index in [0.717, 1.165) is 17.3 Å². The molecule has 1 fully saturated rings. The van der Waals surface area contributed by atoms with Gasteiger partial charge in [0.05, 0.1) is 6.61 Å². The van der Waals surface area contributed by atoms with Gasteiger partial charge < -0.3 is 0 Å². The predicted molar refractivity (Wildman–Crippen MR) is 57.8 cm³/mol. The minimum absolute atomic E-state index is 0.00870. The Morgan fingerprint density at radius 1 is 1.44 bits per heavy atom. The highest BCUT2D eigenvalue weighted by molar-refractivity contribution is 9.10. The van der Waals surface area contributed by atoms with E-state index >= 15 is 0 Å². The van der Waals surface area contributed by atoms with E-state index in [9.17, 15) is 8.42 Å². The molecule has 0 radical (unpaired) electrons. The van der Waals surface area contributed by atoms with Crippen molar-refractivity contribution in [3.05, 3.63) is 4.60 Å². The molecule has 7 nitrogen and oxygen atoms in total. The third-order valence-corrected chi connectivity index (χ3v) is 4.79. The quantitative estimate of drug-likeness (QED) is 0.785. The molecule has 1 saturated heterocycles. The van der Waals surface area contributed by atoms with Crippen LogP contribution >= 0.6 is 15.9 Å². The minimum Gasteiger partial charge on any atom is -0.284 e. The molecule has 0 unspecified atom stereocenters. The Bertz CT molecular complexity index is 460. The van der Waals surface area contributed by atoms with Crippen molar-refractivity contribution in [2.75, 3.05) is 13.2 Å². The molecular formula is C7H11BrN4O3S. The van der Waals surface area contributed by atoms with Crippen molar-refractivity contribution >= 4 is 26.0 Å². The Morgan fingerprint density at radius 2 is 2.19 bits per heavy atom. The summed E-state index contributed by atoms with van der Waals surface area (Å²) in [4.78, 5) is 5.13. The van der Waals surface area contributed by atoms with E-state index in [1.807, 2.05) is 0 Å². The van der Waals surface area contributed by atoms with Crippen molar-refractivity contribution in [3.8, 4) is 0 Å². The van der Waals surface area contributed by atoms with Gasteiger partial charge in [0.15, 0.2) is 4.60 Å². The highest BCUT2D eigenvalue weighted by Crippen LogP contribution is 2.24. The van der Waals surface area contributed by atoms with Crippen molar-refractivity contribution < 1.29 is 13.3 Å². The van der Waals surface area contributed by atoms with Gasteiger partial charge in [-0.05, 0) is 28.8 Å². The van der Waals surface area contributed by atoms with Gasteiger partial charge in [-0.25, -0.2) is 13.1 Å². The molecule has 0 saturated carbocycles. The van der Waals surface area contributed by atoms with Gasteiger partial charge >= 0.3 is 0 Å². The van der Waals surface area contributed by atoms with Crippen LogP contribution in [-0.2, 0) is 21.9 Å². The van der Waals surface area contributed by atoms with E-state index in [1.165, 1.54) is 11.7 Å². The molecule has 1 aromatic rings. The molecule has 2 rings (SSSR count). The molecule has 9 heteroatoms. The Labute approximate surface area is 102 Å². The summed E-state index contributed by atoms with van der Waals surface area (Å²) >= 11 is 3.06. The second-order valence-corrected chi connectivity index (χ2v) is 5.88. The number of hydrogen-bond donors (Lipinski definition) is 0. The standard InChI is InChI=1S/C7H11BrN4O3S/c1-11-7(6(8)9-10-11)16(13,14)12-4-2-3-5-15-12/h2-5H2,1H3. The van der Waals surface area contributed by atoms with Crippen LogP contribution < -0.4 is 0 Å². The van der Waals surface area contributed by atoms with Crippen LogP contribution in [-0.4, -0.2) is 41.0 Å². The van der Waals surface area contributed by atoms with Crippen LogP contribution in [0, 0.1) is 0 Å². The second kappa shape index (κ2) is 4.40. The van der Waals surface area contributed by atoms with Gasteiger partial charge in [-0.2, -0.15) is 0 Å². The Hall–Kier alpha value is -0.510. The fourth-order valence-corrected chi connectivity index (χ4v) is 3.80. The zero-order chi connectivity index (χ0) is 11.8. The van der Waals surface area contributed by atoms with Crippen LogP contribution in [0.15, 0.2) is 9.63 Å². The van der Waals surface area contributed by atoms with Crippen molar-refractivity contribution in [1.29, 1.82) is 0 Å². The topological polar surface area (TPSA) is 77.3 Å². The van der Waals surface area contributed by atoms with E-state index in [2.05, 4.69) is 26.2 Å². The molecule has 90 valence electrons. The number of hydrogen-bond acceptors (Lipinski definition) is 5. The molecule has 0 aliphatic carbocycles. The predicted octanol–water partition coefficient (Wildman–Crippen LogP) is 0.294. The van der Waals surface area contributed by atoms with Gasteiger partial charge in [-0.3, -0.25) is 4.84 Å². The lowest BCUT2D eigenvalue weighted by Crippen LogP contribution is -2.36. The average molecular weight is 311 g/mol. The molecule has 0 atom stereocenters. The van der Waals surface area contributed by atoms with Crippen LogP contribution in [0.3, 0.4) is 0 Å². The van der Waals surface area contributed by atoms with E-state index in [4.69, 9.17) is 4.84 Å². The number of aryl methyl sites for hydroxylation is 1. The molecule has 0 bridgehead atoms. The summed E-state index contributed by atoms with van der Waals surface area (Å²) in [5.74, 6) is 0. The third kappa shape index (κ3) is 1.99. The van der Waals surface area contributed by atoms with Crippen LogP contribution in [0.4, 0.5) is 0 Å². The van der Waals surface area contributed by atoms with E-state index in [-0.39, 0.29) is 9.63 Å². The second-order valence-electron chi connectivity index (χ2n) is 3.38. The number of hydroxylamine groups is 1. The smallest absolute Gasteiger partial charge is 0.284 e. The Kier molecular flexibility index (Phi) is 3.29. The van der Waals surface area contributed by atoms with Gasteiger partial charge in [0.1, 0.15) is 0 Å². The summed E-state index contributed by atoms with van der Waals surface area (Å²) in [6.07, 6.45) is 1.67. The first-order valence-electron chi connectivity index (χ1n) is 4.74. The molecule has 0 spiro atoms. The highest BCUT2D eigenvalue weighted by atomic mass is 79.9. The van der Waals surface area contributed by atoms with Crippen molar-refractivity contribution in [2.24, 2.45) is 7.05 Å². The maximum atomic E-state index is 12.2. The zero-order valence-corrected chi connectivity index (χ0v) is 11.0. The summed E-state index contributed by atoms with van der Waals surface area (Å²) < 4.78 is 26.7. The van der Waals surface area contributed by atoms with Crippen molar-refractivity contribution in [2.45, 2.75) is 17.9 Å². The maximum Gasteiger partial charge on any atom is 0.284 e. The van der Waals surface area contributed by atoms with Gasteiger partial charge in [0.2, 0.25) is 5.03 Å². The fraction of sp³-hybridized carbons (Fsp3) is 0.714. The van der Waals surface area contributed by atoms with Crippen molar-refractivity contribution in [1.82, 2.24) is 19.5 Å². The van der Waals surface area contributed by atoms with Gasteiger partial charge in [-0.15, -0.1) is 5.10 Å². The average Bonchev–Trinajstić information content (AvgIpc) is 2.60. The Morgan fingerprint density at radius 3 is 2.69 bits per heavy atom. The fourth-order valence-electron chi connectivity index (χ4n) is 1.46. The lowest BCUT2D eigenvalue weighted by molar-refractivity contribution is -0.109. The van der Waals surface area contributed by atoms with Crippen LogP contribution in [0.1, 0.15) is 12.8 Å².